The third-order valence-corrected chi connectivity index (χ3v) is 4.82. The highest BCUT2D eigenvalue weighted by Gasteiger charge is 2.20. The first-order chi connectivity index (χ1) is 12.6. The van der Waals surface area contributed by atoms with Crippen molar-refractivity contribution in [2.45, 2.75) is 39.5 Å². The zero-order valence-electron chi connectivity index (χ0n) is 15.7. The van der Waals surface area contributed by atoms with Gasteiger partial charge in [-0.05, 0) is 48.8 Å². The second-order valence-corrected chi connectivity index (χ2v) is 7.54. The van der Waals surface area contributed by atoms with E-state index in [9.17, 15) is 4.79 Å². The molecule has 0 bridgehead atoms. The van der Waals surface area contributed by atoms with Gasteiger partial charge in [0.05, 0.1) is 0 Å². The van der Waals surface area contributed by atoms with E-state index < -0.39 is 0 Å². The zero-order valence-corrected chi connectivity index (χ0v) is 15.7. The van der Waals surface area contributed by atoms with Gasteiger partial charge in [0, 0.05) is 19.5 Å². The molecular weight excluding hydrogens is 324 g/mol. The molecule has 1 aliphatic heterocycles. The van der Waals surface area contributed by atoms with Crippen molar-refractivity contribution in [3.05, 3.63) is 48.0 Å². The van der Waals surface area contributed by atoms with Crippen LogP contribution in [-0.2, 0) is 11.2 Å². The highest BCUT2D eigenvalue weighted by molar-refractivity contribution is 5.89. The molecule has 0 radical (unpaired) electrons. The van der Waals surface area contributed by atoms with Crippen LogP contribution in [0.3, 0.4) is 0 Å². The van der Waals surface area contributed by atoms with Crippen molar-refractivity contribution in [2.24, 2.45) is 11.8 Å². The monoisotopic (exact) mass is 352 g/mol. The minimum absolute atomic E-state index is 0.0104. The Morgan fingerprint density at radius 2 is 1.85 bits per heavy atom. The normalized spacial score (nSPS) is 15.3. The summed E-state index contributed by atoms with van der Waals surface area (Å²) in [7, 11) is 0. The van der Waals surface area contributed by atoms with Crippen molar-refractivity contribution >= 4 is 17.5 Å². The van der Waals surface area contributed by atoms with Gasteiger partial charge in [-0.1, -0.05) is 44.2 Å². The van der Waals surface area contributed by atoms with Crippen LogP contribution in [0.2, 0.25) is 0 Å². The Labute approximate surface area is 155 Å². The average Bonchev–Trinajstić information content (AvgIpc) is 2.63. The standard InChI is InChI=1S/C21H28N4O/c1-16(2)14-21(26)22-19-8-9-20(24-23-19)25-12-10-18(11-13-25)15-17-6-4-3-5-7-17/h3-9,16,18H,10-15H2,1-2H3,(H,22,23,26). The summed E-state index contributed by atoms with van der Waals surface area (Å²) in [6, 6.07) is 14.5. The van der Waals surface area contributed by atoms with Crippen molar-refractivity contribution in [3.8, 4) is 0 Å². The summed E-state index contributed by atoms with van der Waals surface area (Å²) in [5, 5.41) is 11.3. The van der Waals surface area contributed by atoms with Crippen LogP contribution in [0.25, 0.3) is 0 Å². The number of benzene rings is 1. The van der Waals surface area contributed by atoms with Gasteiger partial charge in [-0.3, -0.25) is 4.79 Å². The molecule has 5 heteroatoms. The Balaban J connectivity index is 1.49. The molecule has 1 aromatic heterocycles. The summed E-state index contributed by atoms with van der Waals surface area (Å²) in [6.07, 6.45) is 3.99. The predicted molar refractivity (Wildman–Crippen MR) is 105 cm³/mol. The first-order valence-electron chi connectivity index (χ1n) is 9.52. The number of rotatable bonds is 6. The van der Waals surface area contributed by atoms with Crippen molar-refractivity contribution in [2.75, 3.05) is 23.3 Å². The first kappa shape index (κ1) is 18.4. The van der Waals surface area contributed by atoms with E-state index in [2.05, 4.69) is 50.7 Å². The molecule has 1 aliphatic rings. The van der Waals surface area contributed by atoms with E-state index in [4.69, 9.17) is 0 Å². The summed E-state index contributed by atoms with van der Waals surface area (Å²) in [5.41, 5.74) is 1.42. The largest absolute Gasteiger partial charge is 0.355 e. The van der Waals surface area contributed by atoms with Crippen LogP contribution in [0, 0.1) is 11.8 Å². The Bertz CT molecular complexity index is 692. The van der Waals surface area contributed by atoms with Crippen LogP contribution < -0.4 is 10.2 Å². The summed E-state index contributed by atoms with van der Waals surface area (Å²) in [6.45, 7) is 6.06. The second kappa shape index (κ2) is 8.79. The smallest absolute Gasteiger partial charge is 0.225 e. The number of aromatic nitrogens is 2. The molecule has 5 nitrogen and oxygen atoms in total. The number of nitrogens with one attached hydrogen (secondary N) is 1. The van der Waals surface area contributed by atoms with E-state index in [1.165, 1.54) is 18.4 Å². The maximum atomic E-state index is 11.8. The maximum Gasteiger partial charge on any atom is 0.225 e. The number of nitrogens with zero attached hydrogens (tertiary/aromatic N) is 3. The Morgan fingerprint density at radius 3 is 2.46 bits per heavy atom. The zero-order chi connectivity index (χ0) is 18.4. The van der Waals surface area contributed by atoms with Crippen molar-refractivity contribution < 1.29 is 4.79 Å². The average molecular weight is 352 g/mol. The highest BCUT2D eigenvalue weighted by Crippen LogP contribution is 2.24. The van der Waals surface area contributed by atoms with Gasteiger partial charge in [0.1, 0.15) is 0 Å². The van der Waals surface area contributed by atoms with Gasteiger partial charge in [0.15, 0.2) is 11.6 Å². The molecule has 0 unspecified atom stereocenters. The molecule has 3 rings (SSSR count). The van der Waals surface area contributed by atoms with E-state index in [1.54, 1.807) is 0 Å². The van der Waals surface area contributed by atoms with E-state index >= 15 is 0 Å². The van der Waals surface area contributed by atoms with E-state index in [0.29, 0.717) is 18.2 Å². The summed E-state index contributed by atoms with van der Waals surface area (Å²) in [4.78, 5) is 14.1. The van der Waals surface area contributed by atoms with Crippen LogP contribution >= 0.6 is 0 Å². The third-order valence-electron chi connectivity index (χ3n) is 4.82. The number of amides is 1. The van der Waals surface area contributed by atoms with E-state index in [1.807, 2.05) is 26.0 Å². The van der Waals surface area contributed by atoms with Gasteiger partial charge in [-0.2, -0.15) is 0 Å². The number of hydrogen-bond acceptors (Lipinski definition) is 4. The SMILES string of the molecule is CC(C)CC(=O)Nc1ccc(N2CCC(Cc3ccccc3)CC2)nn1. The summed E-state index contributed by atoms with van der Waals surface area (Å²) < 4.78 is 0. The molecule has 0 spiro atoms. The van der Waals surface area contributed by atoms with Crippen molar-refractivity contribution in [1.82, 2.24) is 10.2 Å². The lowest BCUT2D eigenvalue weighted by atomic mass is 9.90. The fraction of sp³-hybridized carbons (Fsp3) is 0.476. The van der Waals surface area contributed by atoms with Gasteiger partial charge < -0.3 is 10.2 Å². The van der Waals surface area contributed by atoms with Crippen LogP contribution in [0.5, 0.6) is 0 Å². The second-order valence-electron chi connectivity index (χ2n) is 7.54. The van der Waals surface area contributed by atoms with Gasteiger partial charge in [0.2, 0.25) is 5.91 Å². The van der Waals surface area contributed by atoms with Gasteiger partial charge in [-0.15, -0.1) is 10.2 Å². The minimum atomic E-state index is -0.0104. The summed E-state index contributed by atoms with van der Waals surface area (Å²) >= 11 is 0. The van der Waals surface area contributed by atoms with Crippen molar-refractivity contribution in [3.63, 3.8) is 0 Å². The van der Waals surface area contributed by atoms with Crippen LogP contribution in [0.15, 0.2) is 42.5 Å². The molecule has 1 N–H and O–H groups in total. The quantitative estimate of drug-likeness (QED) is 0.856. The fourth-order valence-corrected chi connectivity index (χ4v) is 3.44. The highest BCUT2D eigenvalue weighted by atomic mass is 16.1. The third kappa shape index (κ3) is 5.28. The predicted octanol–water partition coefficient (Wildman–Crippen LogP) is 3.92. The molecule has 0 saturated carbocycles. The molecule has 1 saturated heterocycles. The minimum Gasteiger partial charge on any atom is -0.355 e. The molecular formula is C21H28N4O. The maximum absolute atomic E-state index is 11.8. The lowest BCUT2D eigenvalue weighted by Gasteiger charge is -2.32. The van der Waals surface area contributed by atoms with Crippen LogP contribution in [0.1, 0.15) is 38.7 Å². The lowest BCUT2D eigenvalue weighted by Crippen LogP contribution is -2.35. The Kier molecular flexibility index (Phi) is 6.21. The van der Waals surface area contributed by atoms with E-state index in [0.717, 1.165) is 31.2 Å². The molecule has 1 amide bonds. The van der Waals surface area contributed by atoms with Crippen molar-refractivity contribution in [1.29, 1.82) is 0 Å². The molecule has 0 aliphatic carbocycles. The molecule has 26 heavy (non-hydrogen) atoms. The number of hydrogen-bond donors (Lipinski definition) is 1. The molecule has 0 atom stereocenters. The molecule has 2 heterocycles. The van der Waals surface area contributed by atoms with Crippen LogP contribution in [0.4, 0.5) is 11.6 Å². The molecule has 2 aromatic rings. The van der Waals surface area contributed by atoms with E-state index in [-0.39, 0.29) is 5.91 Å². The lowest BCUT2D eigenvalue weighted by molar-refractivity contribution is -0.116. The first-order valence-corrected chi connectivity index (χ1v) is 9.52. The van der Waals surface area contributed by atoms with Gasteiger partial charge in [-0.25, -0.2) is 0 Å². The van der Waals surface area contributed by atoms with Gasteiger partial charge in [0.25, 0.3) is 0 Å². The molecule has 138 valence electrons. The molecule has 1 aromatic carbocycles. The molecule has 1 fully saturated rings. The fourth-order valence-electron chi connectivity index (χ4n) is 3.44. The number of piperidine rings is 1. The Morgan fingerprint density at radius 1 is 1.12 bits per heavy atom. The number of carbonyl (C=O) groups excluding carboxylic acids is 1. The Hall–Kier alpha value is -2.43. The van der Waals surface area contributed by atoms with Crippen LogP contribution in [-0.4, -0.2) is 29.2 Å². The number of carbonyl (C=O) groups is 1. The van der Waals surface area contributed by atoms with Gasteiger partial charge >= 0.3 is 0 Å². The number of anilines is 2. The topological polar surface area (TPSA) is 58.1 Å². The summed E-state index contributed by atoms with van der Waals surface area (Å²) in [5.74, 6) is 2.47.